The van der Waals surface area contributed by atoms with E-state index in [1.807, 2.05) is 0 Å². The topological polar surface area (TPSA) is 80.3 Å². The van der Waals surface area contributed by atoms with Crippen LogP contribution < -0.4 is 5.32 Å². The first kappa shape index (κ1) is 12.4. The summed E-state index contributed by atoms with van der Waals surface area (Å²) in [5.41, 5.74) is 0.490. The van der Waals surface area contributed by atoms with E-state index in [1.165, 1.54) is 25.1 Å². The Hall–Kier alpha value is -1.69. The predicted octanol–water partition coefficient (Wildman–Crippen LogP) is 0.861. The Balaban J connectivity index is 3.32. The Morgan fingerprint density at radius 2 is 1.94 bits per heavy atom. The lowest BCUT2D eigenvalue weighted by Gasteiger charge is -2.05. The summed E-state index contributed by atoms with van der Waals surface area (Å²) in [6.07, 6.45) is 1.56. The van der Waals surface area contributed by atoms with Gasteiger partial charge in [0, 0.05) is 24.4 Å². The number of rotatable bonds is 3. The molecule has 5 nitrogen and oxygen atoms in total. The van der Waals surface area contributed by atoms with Crippen molar-refractivity contribution in [3.05, 3.63) is 23.8 Å². The van der Waals surface area contributed by atoms with Crippen LogP contribution >= 0.6 is 0 Å². The number of hydrogen-bond acceptors (Lipinski definition) is 4. The first-order chi connectivity index (χ1) is 7.32. The van der Waals surface area contributed by atoms with Gasteiger partial charge in [0.2, 0.25) is 5.91 Å². The summed E-state index contributed by atoms with van der Waals surface area (Å²) < 4.78 is 22.6. The number of carbonyl (C=O) groups is 2. The van der Waals surface area contributed by atoms with Gasteiger partial charge in [0.1, 0.15) is 6.29 Å². The summed E-state index contributed by atoms with van der Waals surface area (Å²) in [6.45, 7) is 1.30. The minimum absolute atomic E-state index is 0.000787. The van der Waals surface area contributed by atoms with Crippen molar-refractivity contribution < 1.29 is 18.0 Å². The molecule has 1 amide bonds. The van der Waals surface area contributed by atoms with E-state index in [4.69, 9.17) is 0 Å². The van der Waals surface area contributed by atoms with Crippen LogP contribution in [0.5, 0.6) is 0 Å². The quantitative estimate of drug-likeness (QED) is 0.796. The smallest absolute Gasteiger partial charge is 0.221 e. The molecule has 0 saturated heterocycles. The van der Waals surface area contributed by atoms with Gasteiger partial charge in [-0.25, -0.2) is 8.42 Å². The lowest BCUT2D eigenvalue weighted by molar-refractivity contribution is -0.114. The van der Waals surface area contributed by atoms with Crippen molar-refractivity contribution in [2.75, 3.05) is 11.6 Å². The highest BCUT2D eigenvalue weighted by Crippen LogP contribution is 2.18. The zero-order valence-electron chi connectivity index (χ0n) is 8.85. The minimum atomic E-state index is -3.40. The Kier molecular flexibility index (Phi) is 3.44. The number of sulfone groups is 1. The minimum Gasteiger partial charge on any atom is -0.326 e. The summed E-state index contributed by atoms with van der Waals surface area (Å²) >= 11 is 0. The van der Waals surface area contributed by atoms with Crippen LogP contribution in [-0.4, -0.2) is 26.9 Å². The highest BCUT2D eigenvalue weighted by Gasteiger charge is 2.10. The molecule has 6 heteroatoms. The second-order valence-electron chi connectivity index (χ2n) is 3.36. The molecular formula is C10H11NO4S. The van der Waals surface area contributed by atoms with Crippen molar-refractivity contribution in [2.24, 2.45) is 0 Å². The van der Waals surface area contributed by atoms with Gasteiger partial charge in [0.15, 0.2) is 9.84 Å². The first-order valence-electron chi connectivity index (χ1n) is 4.41. The van der Waals surface area contributed by atoms with Crippen molar-refractivity contribution >= 4 is 27.7 Å². The molecule has 16 heavy (non-hydrogen) atoms. The maximum absolute atomic E-state index is 11.3. The number of benzene rings is 1. The van der Waals surface area contributed by atoms with Gasteiger partial charge in [-0.05, 0) is 18.2 Å². The standard InChI is InChI=1S/C10H11NO4S/c1-7(13)11-9-3-8(6-12)4-10(5-9)16(2,14)15/h3-6H,1-2H3,(H,11,13). The SMILES string of the molecule is CC(=O)Nc1cc(C=O)cc(S(C)(=O)=O)c1. The molecule has 1 rings (SSSR count). The van der Waals surface area contributed by atoms with Crippen molar-refractivity contribution in [2.45, 2.75) is 11.8 Å². The van der Waals surface area contributed by atoms with Crippen LogP contribution in [0.3, 0.4) is 0 Å². The molecule has 0 aliphatic heterocycles. The number of aldehydes is 1. The maximum Gasteiger partial charge on any atom is 0.221 e. The molecule has 0 radical (unpaired) electrons. The summed E-state index contributed by atoms with van der Waals surface area (Å²) in [5, 5.41) is 2.43. The van der Waals surface area contributed by atoms with Crippen LogP contribution in [0.4, 0.5) is 5.69 Å². The third kappa shape index (κ3) is 3.16. The highest BCUT2D eigenvalue weighted by molar-refractivity contribution is 7.90. The van der Waals surface area contributed by atoms with Gasteiger partial charge in [0.25, 0.3) is 0 Å². The molecular weight excluding hydrogens is 230 g/mol. The van der Waals surface area contributed by atoms with Gasteiger partial charge in [-0.3, -0.25) is 9.59 Å². The molecule has 0 aromatic heterocycles. The van der Waals surface area contributed by atoms with Gasteiger partial charge < -0.3 is 5.32 Å². The van der Waals surface area contributed by atoms with Crippen molar-refractivity contribution in [3.8, 4) is 0 Å². The van der Waals surface area contributed by atoms with E-state index in [-0.39, 0.29) is 22.1 Å². The van der Waals surface area contributed by atoms with Crippen molar-refractivity contribution in [1.29, 1.82) is 0 Å². The molecule has 1 N–H and O–H groups in total. The second kappa shape index (κ2) is 4.44. The summed E-state index contributed by atoms with van der Waals surface area (Å²) in [4.78, 5) is 21.4. The molecule has 0 fully saturated rings. The Morgan fingerprint density at radius 1 is 1.31 bits per heavy atom. The van der Waals surface area contributed by atoms with E-state index in [9.17, 15) is 18.0 Å². The van der Waals surface area contributed by atoms with Crippen LogP contribution in [0.15, 0.2) is 23.1 Å². The first-order valence-corrected chi connectivity index (χ1v) is 6.30. The van der Waals surface area contributed by atoms with Crippen LogP contribution in [-0.2, 0) is 14.6 Å². The summed E-state index contributed by atoms with van der Waals surface area (Å²) in [6, 6.07) is 3.97. The monoisotopic (exact) mass is 241 g/mol. The molecule has 0 spiro atoms. The second-order valence-corrected chi connectivity index (χ2v) is 5.38. The molecule has 0 heterocycles. The molecule has 0 unspecified atom stereocenters. The summed E-state index contributed by atoms with van der Waals surface area (Å²) in [5.74, 6) is -0.331. The largest absolute Gasteiger partial charge is 0.326 e. The Labute approximate surface area is 93.4 Å². The summed E-state index contributed by atoms with van der Waals surface area (Å²) in [7, 11) is -3.40. The normalized spacial score (nSPS) is 10.9. The molecule has 0 atom stereocenters. The van der Waals surface area contributed by atoms with E-state index < -0.39 is 9.84 Å². The molecule has 86 valence electrons. The third-order valence-corrected chi connectivity index (χ3v) is 2.91. The average Bonchev–Trinajstić information content (AvgIpc) is 2.14. The molecule has 1 aromatic carbocycles. The van der Waals surface area contributed by atoms with E-state index >= 15 is 0 Å². The van der Waals surface area contributed by atoms with Crippen molar-refractivity contribution in [1.82, 2.24) is 0 Å². The van der Waals surface area contributed by atoms with Crippen molar-refractivity contribution in [3.63, 3.8) is 0 Å². The fraction of sp³-hybridized carbons (Fsp3) is 0.200. The lowest BCUT2D eigenvalue weighted by atomic mass is 10.2. The predicted molar refractivity (Wildman–Crippen MR) is 59.2 cm³/mol. The molecule has 0 aliphatic rings. The Bertz CT molecular complexity index is 534. The number of amides is 1. The molecule has 0 aliphatic carbocycles. The van der Waals surface area contributed by atoms with Crippen LogP contribution in [0.2, 0.25) is 0 Å². The molecule has 0 saturated carbocycles. The fourth-order valence-electron chi connectivity index (χ4n) is 1.18. The maximum atomic E-state index is 11.3. The number of carbonyl (C=O) groups excluding carboxylic acids is 2. The number of nitrogens with one attached hydrogen (secondary N) is 1. The zero-order valence-corrected chi connectivity index (χ0v) is 9.67. The van der Waals surface area contributed by atoms with Gasteiger partial charge >= 0.3 is 0 Å². The zero-order chi connectivity index (χ0) is 12.3. The van der Waals surface area contributed by atoms with E-state index in [0.717, 1.165) is 6.26 Å². The molecule has 0 bridgehead atoms. The van der Waals surface area contributed by atoms with Gasteiger partial charge in [-0.1, -0.05) is 0 Å². The Morgan fingerprint density at radius 3 is 2.38 bits per heavy atom. The van der Waals surface area contributed by atoms with Crippen LogP contribution in [0.25, 0.3) is 0 Å². The number of hydrogen-bond donors (Lipinski definition) is 1. The highest BCUT2D eigenvalue weighted by atomic mass is 32.2. The van der Waals surface area contributed by atoms with Gasteiger partial charge in [-0.15, -0.1) is 0 Å². The van der Waals surface area contributed by atoms with Crippen LogP contribution in [0, 0.1) is 0 Å². The fourth-order valence-corrected chi connectivity index (χ4v) is 1.87. The van der Waals surface area contributed by atoms with Gasteiger partial charge in [0.05, 0.1) is 4.90 Å². The third-order valence-electron chi connectivity index (χ3n) is 1.81. The number of anilines is 1. The van der Waals surface area contributed by atoms with Gasteiger partial charge in [-0.2, -0.15) is 0 Å². The van der Waals surface area contributed by atoms with Crippen LogP contribution in [0.1, 0.15) is 17.3 Å². The van der Waals surface area contributed by atoms with E-state index in [2.05, 4.69) is 5.32 Å². The molecule has 1 aromatic rings. The average molecular weight is 241 g/mol. The van der Waals surface area contributed by atoms with E-state index in [0.29, 0.717) is 6.29 Å². The van der Waals surface area contributed by atoms with E-state index in [1.54, 1.807) is 0 Å². The lowest BCUT2D eigenvalue weighted by Crippen LogP contribution is -2.07.